The molecule has 2 aromatic carbocycles. The van der Waals surface area contributed by atoms with Crippen LogP contribution >= 0.6 is 0 Å². The number of benzene rings is 2. The van der Waals surface area contributed by atoms with Gasteiger partial charge in [0, 0.05) is 18.4 Å². The van der Waals surface area contributed by atoms with Crippen molar-refractivity contribution in [1.29, 1.82) is 0 Å². The first-order chi connectivity index (χ1) is 20.7. The molecule has 0 bridgehead atoms. The van der Waals surface area contributed by atoms with Crippen molar-refractivity contribution < 1.29 is 44.2 Å². The molecule has 6 atom stereocenters. The zero-order chi connectivity index (χ0) is 31.0. The summed E-state index contributed by atoms with van der Waals surface area (Å²) in [6.07, 6.45) is -4.53. The summed E-state index contributed by atoms with van der Waals surface area (Å²) in [5.41, 5.74) is 0.367. The van der Waals surface area contributed by atoms with Crippen LogP contribution in [-0.2, 0) is 25.4 Å². The fourth-order valence-electron chi connectivity index (χ4n) is 5.28. The van der Waals surface area contributed by atoms with Crippen LogP contribution in [0, 0.1) is 5.92 Å². The van der Waals surface area contributed by atoms with E-state index < -0.39 is 62.2 Å². The van der Waals surface area contributed by atoms with E-state index >= 15 is 0 Å². The highest BCUT2D eigenvalue weighted by Gasteiger charge is 2.51. The zero-order valence-electron chi connectivity index (χ0n) is 24.3. The molecule has 0 radical (unpaired) electrons. The fourth-order valence-corrected chi connectivity index (χ4v) is 5.28. The largest absolute Gasteiger partial charge is 0.481 e. The smallest absolute Gasteiger partial charge is 0.402 e. The lowest BCUT2D eigenvalue weighted by Gasteiger charge is -2.42. The van der Waals surface area contributed by atoms with Crippen molar-refractivity contribution in [1.82, 2.24) is 10.6 Å². The van der Waals surface area contributed by atoms with E-state index in [0.717, 1.165) is 5.56 Å². The monoisotopic (exact) mass is 597 g/mol. The fraction of sp³-hybridized carbons (Fsp3) is 0.500. The Morgan fingerprint density at radius 1 is 1.07 bits per heavy atom. The second-order valence-electron chi connectivity index (χ2n) is 11.4. The van der Waals surface area contributed by atoms with E-state index in [0.29, 0.717) is 17.7 Å². The van der Waals surface area contributed by atoms with Gasteiger partial charge in [-0.25, -0.2) is 0 Å². The van der Waals surface area contributed by atoms with Gasteiger partial charge in [-0.3, -0.25) is 9.59 Å². The number of carbonyl (C=O) groups excluding carboxylic acids is 2. The zero-order valence-corrected chi connectivity index (χ0v) is 24.3. The lowest BCUT2D eigenvalue weighted by atomic mass is 9.71. The highest BCUT2D eigenvalue weighted by Crippen LogP contribution is 2.30. The molecule has 6 N–H and O–H groups in total. The van der Waals surface area contributed by atoms with Gasteiger partial charge in [-0.05, 0) is 30.0 Å². The Balaban J connectivity index is 1.53. The second kappa shape index (κ2) is 14.9. The van der Waals surface area contributed by atoms with Crippen molar-refractivity contribution in [2.24, 2.45) is 11.1 Å². The van der Waals surface area contributed by atoms with Gasteiger partial charge >= 0.3 is 7.12 Å². The third kappa shape index (κ3) is 8.19. The summed E-state index contributed by atoms with van der Waals surface area (Å²) in [4.78, 5) is 32.6. The van der Waals surface area contributed by atoms with Crippen LogP contribution in [0.3, 0.4) is 0 Å². The number of rotatable bonds is 13. The molecular weight excluding hydrogens is 557 g/mol. The normalized spacial score (nSPS) is 25.0. The lowest BCUT2D eigenvalue weighted by Crippen LogP contribution is -2.65. The minimum Gasteiger partial charge on any atom is -0.402 e. The maximum absolute atomic E-state index is 14.1. The van der Waals surface area contributed by atoms with Gasteiger partial charge in [0.1, 0.15) is 12.2 Å². The predicted molar refractivity (Wildman–Crippen MR) is 158 cm³/mol. The van der Waals surface area contributed by atoms with Crippen LogP contribution < -0.4 is 10.6 Å². The number of hydrogen-bond donors (Lipinski definition) is 6. The minimum absolute atomic E-state index is 0.0627. The molecule has 0 spiro atoms. The molecule has 0 aromatic heterocycles. The van der Waals surface area contributed by atoms with Crippen molar-refractivity contribution in [2.45, 2.75) is 69.1 Å². The lowest BCUT2D eigenvalue weighted by molar-refractivity contribution is -0.154. The van der Waals surface area contributed by atoms with Gasteiger partial charge in [-0.15, -0.1) is 0 Å². The Kier molecular flexibility index (Phi) is 11.3. The first kappa shape index (κ1) is 32.6. The molecule has 4 rings (SSSR count). The van der Waals surface area contributed by atoms with Gasteiger partial charge in [0.05, 0.1) is 43.6 Å². The third-order valence-electron chi connectivity index (χ3n) is 7.51. The average Bonchev–Trinajstić information content (AvgIpc) is 3.43. The molecular formula is C30H40BN3O9. The Morgan fingerprint density at radius 3 is 2.37 bits per heavy atom. The minimum atomic E-state index is -1.45. The van der Waals surface area contributed by atoms with Crippen LogP contribution in [0.5, 0.6) is 0 Å². The number of carbonyl (C=O) groups is 2. The molecule has 1 fully saturated rings. The first-order valence-electron chi connectivity index (χ1n) is 14.5. The van der Waals surface area contributed by atoms with Gasteiger partial charge in [0.2, 0.25) is 5.60 Å². The van der Waals surface area contributed by atoms with Crippen molar-refractivity contribution in [2.75, 3.05) is 19.8 Å². The SMILES string of the molecule is CC(C)C[C@H](NC(=O)C1(Cc2ccccc2)CC(CNC(=O)c2ccccc2)=NO1)B1OC(CO)C(O)C(C(O)CO)O1. The van der Waals surface area contributed by atoms with Gasteiger partial charge in [-0.2, -0.15) is 0 Å². The Bertz CT molecular complexity index is 1240. The maximum Gasteiger partial charge on any atom is 0.481 e. The Morgan fingerprint density at radius 2 is 1.74 bits per heavy atom. The first-order valence-corrected chi connectivity index (χ1v) is 14.5. The second-order valence-corrected chi connectivity index (χ2v) is 11.4. The highest BCUT2D eigenvalue weighted by atomic mass is 16.7. The van der Waals surface area contributed by atoms with E-state index in [1.165, 1.54) is 0 Å². The number of amides is 2. The van der Waals surface area contributed by atoms with Crippen molar-refractivity contribution in [3.05, 3.63) is 71.8 Å². The summed E-state index contributed by atoms with van der Waals surface area (Å²) in [7, 11) is -1.15. The van der Waals surface area contributed by atoms with Gasteiger partial charge in [0.25, 0.3) is 11.8 Å². The molecule has 43 heavy (non-hydrogen) atoms. The topological polar surface area (TPSA) is 179 Å². The summed E-state index contributed by atoms with van der Waals surface area (Å²) in [6, 6.07) is 18.1. The number of aliphatic hydroxyl groups is 4. The van der Waals surface area contributed by atoms with Crippen LogP contribution in [0.15, 0.2) is 65.8 Å². The molecule has 12 nitrogen and oxygen atoms in total. The molecule has 2 aliphatic rings. The number of hydrogen-bond acceptors (Lipinski definition) is 10. The number of nitrogens with zero attached hydrogens (tertiary/aromatic N) is 1. The van der Waals surface area contributed by atoms with Gasteiger partial charge < -0.3 is 45.2 Å². The molecule has 13 heteroatoms. The van der Waals surface area contributed by atoms with Crippen molar-refractivity contribution in [3.8, 4) is 0 Å². The molecule has 2 aliphatic heterocycles. The van der Waals surface area contributed by atoms with Crippen LogP contribution in [-0.4, -0.2) is 101 Å². The van der Waals surface area contributed by atoms with E-state index in [-0.39, 0.29) is 31.2 Å². The molecule has 5 unspecified atom stereocenters. The number of aliphatic hydroxyl groups excluding tert-OH is 4. The van der Waals surface area contributed by atoms with E-state index in [2.05, 4.69) is 15.8 Å². The highest BCUT2D eigenvalue weighted by molar-refractivity contribution is 6.47. The molecule has 232 valence electrons. The van der Waals surface area contributed by atoms with Crippen LogP contribution in [0.1, 0.15) is 42.6 Å². The Hall–Kier alpha value is -3.33. The van der Waals surface area contributed by atoms with Crippen LogP contribution in [0.4, 0.5) is 0 Å². The molecule has 2 aromatic rings. The molecule has 1 saturated heterocycles. The molecule has 0 saturated carbocycles. The Labute approximate surface area is 251 Å². The quantitative estimate of drug-likeness (QED) is 0.176. The summed E-state index contributed by atoms with van der Waals surface area (Å²) in [5.74, 6) is -1.49. The number of oxime groups is 1. The average molecular weight is 597 g/mol. The molecule has 2 heterocycles. The summed E-state index contributed by atoms with van der Waals surface area (Å²) >= 11 is 0. The van der Waals surface area contributed by atoms with Crippen molar-refractivity contribution in [3.63, 3.8) is 0 Å². The van der Waals surface area contributed by atoms with Crippen LogP contribution in [0.25, 0.3) is 0 Å². The summed E-state index contributed by atoms with van der Waals surface area (Å²) < 4.78 is 11.7. The third-order valence-corrected chi connectivity index (χ3v) is 7.51. The summed E-state index contributed by atoms with van der Waals surface area (Å²) in [6.45, 7) is 2.73. The van der Waals surface area contributed by atoms with Gasteiger partial charge in [-0.1, -0.05) is 67.5 Å². The van der Waals surface area contributed by atoms with Gasteiger partial charge in [0.15, 0.2) is 0 Å². The molecule has 0 aliphatic carbocycles. The predicted octanol–water partition coefficient (Wildman–Crippen LogP) is 0.223. The van der Waals surface area contributed by atoms with E-state index in [4.69, 9.17) is 14.1 Å². The standard InChI is InChI=1S/C30H40BN3O9/c1-19(2)13-25(31-41-24(18-36)26(38)27(42-31)23(37)17-35)33-29(40)30(14-20-9-5-3-6-10-20)15-22(34-43-30)16-32-28(39)21-11-7-4-8-12-21/h3-12,19,23-27,35-38H,13-18H2,1-2H3,(H,32,39)(H,33,40)/t23?,24?,25-,26?,27?,30?/m0/s1. The number of nitrogens with one attached hydrogen (secondary N) is 2. The van der Waals surface area contributed by atoms with Crippen LogP contribution in [0.2, 0.25) is 0 Å². The van der Waals surface area contributed by atoms with E-state index in [1.807, 2.05) is 50.2 Å². The summed E-state index contributed by atoms with van der Waals surface area (Å²) in [5, 5.41) is 50.1. The van der Waals surface area contributed by atoms with E-state index in [1.54, 1.807) is 24.3 Å². The van der Waals surface area contributed by atoms with Crippen molar-refractivity contribution >= 4 is 24.6 Å². The molecule has 2 amide bonds. The maximum atomic E-state index is 14.1. The van der Waals surface area contributed by atoms with E-state index in [9.17, 15) is 30.0 Å².